The molecule has 2 aromatic rings. The van der Waals surface area contributed by atoms with E-state index in [0.717, 1.165) is 18.8 Å². The quantitative estimate of drug-likeness (QED) is 0.830. The number of anilines is 1. The lowest BCUT2D eigenvalue weighted by Gasteiger charge is -2.21. The fraction of sp³-hybridized carbons (Fsp3) is 0.308. The number of benzene rings is 1. The van der Waals surface area contributed by atoms with E-state index in [1.807, 2.05) is 12.1 Å². The Balaban J connectivity index is 2.20. The van der Waals surface area contributed by atoms with Crippen molar-refractivity contribution in [1.82, 2.24) is 14.9 Å². The third kappa shape index (κ3) is 3.09. The highest BCUT2D eigenvalue weighted by atomic mass is 16.3. The zero-order valence-electron chi connectivity index (χ0n) is 11.1. The van der Waals surface area contributed by atoms with Gasteiger partial charge in [-0.25, -0.2) is 4.98 Å². The topological polar surface area (TPSA) is 66.5 Å². The summed E-state index contributed by atoms with van der Waals surface area (Å²) >= 11 is 0. The van der Waals surface area contributed by atoms with Gasteiger partial charge in [-0.15, -0.1) is 9.89 Å². The number of nitrogens with zero attached hydrogens (tertiary/aromatic N) is 5. The van der Waals surface area contributed by atoms with E-state index >= 15 is 0 Å². The predicted molar refractivity (Wildman–Crippen MR) is 74.7 cm³/mol. The van der Waals surface area contributed by atoms with Gasteiger partial charge in [-0.3, -0.25) is 0 Å². The van der Waals surface area contributed by atoms with E-state index in [1.54, 1.807) is 12.3 Å². The van der Waals surface area contributed by atoms with Gasteiger partial charge in [0.2, 0.25) is 0 Å². The minimum Gasteiger partial charge on any atom is -0.507 e. The lowest BCUT2D eigenvalue weighted by molar-refractivity contribution is 0.474. The smallest absolute Gasteiger partial charge is 0.139 e. The minimum atomic E-state index is 0.202. The largest absolute Gasteiger partial charge is 0.507 e. The van der Waals surface area contributed by atoms with Crippen LogP contribution in [-0.2, 0) is 0 Å². The minimum absolute atomic E-state index is 0.202. The Morgan fingerprint density at radius 2 is 2.16 bits per heavy atom. The van der Waals surface area contributed by atoms with E-state index in [-0.39, 0.29) is 5.75 Å². The lowest BCUT2D eigenvalue weighted by Crippen LogP contribution is -2.21. The van der Waals surface area contributed by atoms with Crippen molar-refractivity contribution < 1.29 is 5.11 Å². The van der Waals surface area contributed by atoms with Gasteiger partial charge in [0.1, 0.15) is 18.4 Å². The third-order valence-electron chi connectivity index (χ3n) is 2.86. The molecule has 1 heterocycles. The van der Waals surface area contributed by atoms with Gasteiger partial charge in [0.15, 0.2) is 0 Å². The molecule has 0 radical (unpaired) electrons. The van der Waals surface area contributed by atoms with Gasteiger partial charge in [-0.05, 0) is 26.0 Å². The first-order chi connectivity index (χ1) is 9.24. The van der Waals surface area contributed by atoms with E-state index in [4.69, 9.17) is 0 Å². The van der Waals surface area contributed by atoms with E-state index in [0.29, 0.717) is 5.56 Å². The molecule has 100 valence electrons. The Morgan fingerprint density at radius 3 is 2.74 bits per heavy atom. The van der Waals surface area contributed by atoms with Crippen LogP contribution in [-0.4, -0.2) is 39.3 Å². The second-order valence-corrected chi connectivity index (χ2v) is 3.98. The van der Waals surface area contributed by atoms with Gasteiger partial charge < -0.3 is 10.0 Å². The standard InChI is InChI=1S/C13H17N5O/c1-3-17(4-2)12-6-5-11(13(19)7-12)8-15-18-10-14-9-16-18/h5-10,19H,3-4H2,1-2H3. The predicted octanol–water partition coefficient (Wildman–Crippen LogP) is 1.71. The Labute approximate surface area is 112 Å². The molecule has 6 nitrogen and oxygen atoms in total. The molecule has 0 saturated heterocycles. The molecular formula is C13H17N5O. The van der Waals surface area contributed by atoms with Gasteiger partial charge in [0, 0.05) is 30.4 Å². The molecule has 0 unspecified atom stereocenters. The highest BCUT2D eigenvalue weighted by Gasteiger charge is 2.05. The Bertz CT molecular complexity index is 546. The molecule has 1 aromatic carbocycles. The molecule has 0 aliphatic heterocycles. The molecule has 0 saturated carbocycles. The van der Waals surface area contributed by atoms with Crippen LogP contribution in [0.2, 0.25) is 0 Å². The highest BCUT2D eigenvalue weighted by molar-refractivity contribution is 5.84. The van der Waals surface area contributed by atoms with Crippen LogP contribution < -0.4 is 4.90 Å². The molecule has 0 fully saturated rings. The summed E-state index contributed by atoms with van der Waals surface area (Å²) in [7, 11) is 0. The Morgan fingerprint density at radius 1 is 1.37 bits per heavy atom. The molecule has 0 bridgehead atoms. The number of hydrogen-bond acceptors (Lipinski definition) is 5. The van der Waals surface area contributed by atoms with Crippen molar-refractivity contribution in [3.05, 3.63) is 36.4 Å². The molecule has 6 heteroatoms. The van der Waals surface area contributed by atoms with Crippen molar-refractivity contribution in [2.45, 2.75) is 13.8 Å². The average molecular weight is 259 g/mol. The van der Waals surface area contributed by atoms with Crippen LogP contribution in [0.25, 0.3) is 0 Å². The third-order valence-corrected chi connectivity index (χ3v) is 2.86. The van der Waals surface area contributed by atoms with Crippen LogP contribution in [0.4, 0.5) is 5.69 Å². The molecule has 0 atom stereocenters. The number of rotatable bonds is 5. The average Bonchev–Trinajstić information content (AvgIpc) is 2.92. The summed E-state index contributed by atoms with van der Waals surface area (Å²) in [5.74, 6) is 0.202. The van der Waals surface area contributed by atoms with Gasteiger partial charge in [-0.1, -0.05) is 0 Å². The maximum Gasteiger partial charge on any atom is 0.139 e. The molecular weight excluding hydrogens is 242 g/mol. The van der Waals surface area contributed by atoms with Crippen LogP contribution in [0.3, 0.4) is 0 Å². The van der Waals surface area contributed by atoms with E-state index < -0.39 is 0 Å². The number of hydrogen-bond donors (Lipinski definition) is 1. The van der Waals surface area contributed by atoms with E-state index in [1.165, 1.54) is 17.4 Å². The molecule has 0 spiro atoms. The zero-order chi connectivity index (χ0) is 13.7. The van der Waals surface area contributed by atoms with Crippen molar-refractivity contribution in [1.29, 1.82) is 0 Å². The molecule has 0 amide bonds. The van der Waals surface area contributed by atoms with Crippen molar-refractivity contribution in [3.8, 4) is 5.75 Å². The van der Waals surface area contributed by atoms with E-state index in [9.17, 15) is 5.11 Å². The Hall–Kier alpha value is -2.37. The summed E-state index contributed by atoms with van der Waals surface area (Å²) in [4.78, 5) is 7.28. The summed E-state index contributed by atoms with van der Waals surface area (Å²) in [6, 6.07) is 5.55. The van der Waals surface area contributed by atoms with Gasteiger partial charge in [0.25, 0.3) is 0 Å². The van der Waals surface area contributed by atoms with Gasteiger partial charge in [0.05, 0.1) is 6.21 Å². The fourth-order valence-corrected chi connectivity index (χ4v) is 1.81. The number of phenols is 1. The van der Waals surface area contributed by atoms with Crippen LogP contribution in [0, 0.1) is 0 Å². The van der Waals surface area contributed by atoms with Crippen LogP contribution in [0.5, 0.6) is 5.75 Å². The zero-order valence-corrected chi connectivity index (χ0v) is 11.1. The normalized spacial score (nSPS) is 11.1. The first-order valence-electron chi connectivity index (χ1n) is 6.21. The van der Waals surface area contributed by atoms with Crippen molar-refractivity contribution in [2.75, 3.05) is 18.0 Å². The summed E-state index contributed by atoms with van der Waals surface area (Å²) in [5, 5.41) is 17.9. The van der Waals surface area contributed by atoms with Crippen molar-refractivity contribution >= 4 is 11.9 Å². The fourth-order valence-electron chi connectivity index (χ4n) is 1.81. The van der Waals surface area contributed by atoms with Gasteiger partial charge >= 0.3 is 0 Å². The molecule has 1 aromatic heterocycles. The monoisotopic (exact) mass is 259 g/mol. The first kappa shape index (κ1) is 13.1. The molecule has 2 rings (SSSR count). The van der Waals surface area contributed by atoms with Crippen molar-refractivity contribution in [2.24, 2.45) is 5.10 Å². The second-order valence-electron chi connectivity index (χ2n) is 3.98. The van der Waals surface area contributed by atoms with E-state index in [2.05, 4.69) is 33.9 Å². The van der Waals surface area contributed by atoms with Gasteiger partial charge in [-0.2, -0.15) is 5.10 Å². The molecule has 19 heavy (non-hydrogen) atoms. The van der Waals surface area contributed by atoms with Crippen LogP contribution in [0.1, 0.15) is 19.4 Å². The SMILES string of the molecule is CCN(CC)c1ccc(C=Nn2cncn2)c(O)c1. The summed E-state index contributed by atoms with van der Waals surface area (Å²) in [6.45, 7) is 5.98. The second kappa shape index (κ2) is 5.99. The lowest BCUT2D eigenvalue weighted by atomic mass is 10.2. The van der Waals surface area contributed by atoms with Crippen molar-refractivity contribution in [3.63, 3.8) is 0 Å². The number of aromatic nitrogens is 3. The number of aromatic hydroxyl groups is 1. The summed E-state index contributed by atoms with van der Waals surface area (Å²) in [6.07, 6.45) is 4.44. The highest BCUT2D eigenvalue weighted by Crippen LogP contribution is 2.23. The Kier molecular flexibility index (Phi) is 4.12. The summed E-state index contributed by atoms with van der Waals surface area (Å²) < 4.78 is 0. The molecule has 0 aliphatic carbocycles. The molecule has 1 N–H and O–H groups in total. The maximum absolute atomic E-state index is 10.00. The molecule has 0 aliphatic rings. The summed E-state index contributed by atoms with van der Waals surface area (Å²) in [5.41, 5.74) is 1.65. The maximum atomic E-state index is 10.00. The first-order valence-corrected chi connectivity index (χ1v) is 6.21. The number of phenolic OH excluding ortho intramolecular Hbond substituents is 1. The van der Waals surface area contributed by atoms with Crippen LogP contribution >= 0.6 is 0 Å². The van der Waals surface area contributed by atoms with Crippen LogP contribution in [0.15, 0.2) is 36.0 Å².